The molecular weight excluding hydrogens is 282 g/mol. The fourth-order valence-corrected chi connectivity index (χ4v) is 2.11. The molecule has 0 aromatic heterocycles. The van der Waals surface area contributed by atoms with E-state index in [4.69, 9.17) is 5.26 Å². The van der Waals surface area contributed by atoms with Crippen molar-refractivity contribution in [1.82, 2.24) is 5.32 Å². The normalized spacial score (nSPS) is 9.67. The molecule has 2 aromatic rings. The molecule has 2 N–H and O–H groups in total. The van der Waals surface area contributed by atoms with Crippen molar-refractivity contribution in [2.24, 2.45) is 0 Å². The van der Waals surface area contributed by atoms with Gasteiger partial charge in [-0.3, -0.25) is 4.79 Å². The molecule has 0 radical (unpaired) electrons. The molecule has 1 amide bonds. The van der Waals surface area contributed by atoms with Gasteiger partial charge in [0, 0.05) is 17.1 Å². The van der Waals surface area contributed by atoms with Gasteiger partial charge in [-0.05, 0) is 41.6 Å². The third kappa shape index (κ3) is 5.21. The monoisotopic (exact) mass is 297 g/mol. The summed E-state index contributed by atoms with van der Waals surface area (Å²) in [5.74, 6) is -0.0608. The minimum Gasteiger partial charge on any atom is -0.376 e. The summed E-state index contributed by atoms with van der Waals surface area (Å²) in [4.78, 5) is 12.6. The Labute approximate surface area is 128 Å². The minimum atomic E-state index is -0.0608. The number of amides is 1. The Morgan fingerprint density at radius 1 is 1.10 bits per heavy atom. The lowest BCUT2D eigenvalue weighted by Crippen LogP contribution is -2.29. The second-order valence-electron chi connectivity index (χ2n) is 4.33. The van der Waals surface area contributed by atoms with Crippen molar-refractivity contribution < 1.29 is 4.79 Å². The van der Waals surface area contributed by atoms with E-state index in [1.807, 2.05) is 60.0 Å². The molecule has 0 atom stereocenters. The van der Waals surface area contributed by atoms with Crippen molar-refractivity contribution in [1.29, 1.82) is 5.26 Å². The molecule has 0 fully saturated rings. The van der Waals surface area contributed by atoms with Crippen LogP contribution in [0.15, 0.2) is 59.5 Å². The van der Waals surface area contributed by atoms with E-state index in [1.165, 1.54) is 0 Å². The predicted octanol–water partition coefficient (Wildman–Crippen LogP) is 2.99. The zero-order valence-corrected chi connectivity index (χ0v) is 12.2. The Hall–Kier alpha value is -2.45. The number of nitriles is 1. The van der Waals surface area contributed by atoms with Gasteiger partial charge >= 0.3 is 0 Å². The SMILES string of the molecule is N#CSc1ccc(NCC(=O)NCc2ccccc2)cc1. The Bertz CT molecular complexity index is 620. The van der Waals surface area contributed by atoms with E-state index in [9.17, 15) is 4.79 Å². The zero-order valence-electron chi connectivity index (χ0n) is 11.4. The summed E-state index contributed by atoms with van der Waals surface area (Å²) in [6.07, 6.45) is 0. The van der Waals surface area contributed by atoms with Crippen LogP contribution in [0.5, 0.6) is 0 Å². The molecule has 0 bridgehead atoms. The van der Waals surface area contributed by atoms with Crippen molar-refractivity contribution in [3.05, 3.63) is 60.2 Å². The van der Waals surface area contributed by atoms with Crippen LogP contribution in [-0.4, -0.2) is 12.5 Å². The highest BCUT2D eigenvalue weighted by Gasteiger charge is 2.01. The first kappa shape index (κ1) is 14.9. The van der Waals surface area contributed by atoms with Crippen LogP contribution in [0.3, 0.4) is 0 Å². The van der Waals surface area contributed by atoms with Crippen molar-refractivity contribution in [3.8, 4) is 5.40 Å². The van der Waals surface area contributed by atoms with Crippen LogP contribution in [0.4, 0.5) is 5.69 Å². The number of benzene rings is 2. The third-order valence-electron chi connectivity index (χ3n) is 2.80. The number of carbonyl (C=O) groups excluding carboxylic acids is 1. The Balaban J connectivity index is 1.75. The van der Waals surface area contributed by atoms with Gasteiger partial charge in [0.25, 0.3) is 0 Å². The van der Waals surface area contributed by atoms with Crippen molar-refractivity contribution in [3.63, 3.8) is 0 Å². The largest absolute Gasteiger partial charge is 0.376 e. The molecule has 21 heavy (non-hydrogen) atoms. The number of nitrogens with zero attached hydrogens (tertiary/aromatic N) is 1. The van der Waals surface area contributed by atoms with Gasteiger partial charge in [-0.15, -0.1) is 0 Å². The lowest BCUT2D eigenvalue weighted by atomic mass is 10.2. The maximum Gasteiger partial charge on any atom is 0.239 e. The number of nitrogens with one attached hydrogen (secondary N) is 2. The molecule has 106 valence electrons. The average Bonchev–Trinajstić information content (AvgIpc) is 2.53. The molecule has 4 nitrogen and oxygen atoms in total. The average molecular weight is 297 g/mol. The minimum absolute atomic E-state index is 0.0608. The number of hydrogen-bond donors (Lipinski definition) is 2. The van der Waals surface area contributed by atoms with E-state index in [1.54, 1.807) is 0 Å². The zero-order chi connectivity index (χ0) is 14.9. The standard InChI is InChI=1S/C16H15N3OS/c17-12-21-15-8-6-14(7-9-15)18-11-16(20)19-10-13-4-2-1-3-5-13/h1-9,18H,10-11H2,(H,19,20). The van der Waals surface area contributed by atoms with Gasteiger partial charge in [0.15, 0.2) is 0 Å². The second-order valence-corrected chi connectivity index (χ2v) is 5.19. The maximum atomic E-state index is 11.7. The molecule has 0 unspecified atom stereocenters. The topological polar surface area (TPSA) is 64.9 Å². The summed E-state index contributed by atoms with van der Waals surface area (Å²) in [7, 11) is 0. The summed E-state index contributed by atoms with van der Waals surface area (Å²) >= 11 is 1.11. The first-order valence-electron chi connectivity index (χ1n) is 6.48. The van der Waals surface area contributed by atoms with Gasteiger partial charge in [-0.2, -0.15) is 5.26 Å². The molecule has 2 rings (SSSR count). The first-order chi connectivity index (χ1) is 10.3. The maximum absolute atomic E-state index is 11.7. The highest BCUT2D eigenvalue weighted by molar-refractivity contribution is 8.03. The van der Waals surface area contributed by atoms with Crippen LogP contribution in [0.1, 0.15) is 5.56 Å². The number of rotatable bonds is 6. The first-order valence-corrected chi connectivity index (χ1v) is 7.30. The predicted molar refractivity (Wildman–Crippen MR) is 84.7 cm³/mol. The fourth-order valence-electron chi connectivity index (χ4n) is 1.73. The Morgan fingerprint density at radius 2 is 1.81 bits per heavy atom. The lowest BCUT2D eigenvalue weighted by molar-refractivity contribution is -0.119. The van der Waals surface area contributed by atoms with Crippen molar-refractivity contribution in [2.75, 3.05) is 11.9 Å². The molecule has 2 aromatic carbocycles. The molecule has 0 spiro atoms. The van der Waals surface area contributed by atoms with E-state index >= 15 is 0 Å². The molecule has 0 saturated carbocycles. The Morgan fingerprint density at radius 3 is 2.48 bits per heavy atom. The van der Waals surface area contributed by atoms with Crippen LogP contribution < -0.4 is 10.6 Å². The highest BCUT2D eigenvalue weighted by atomic mass is 32.2. The number of anilines is 1. The molecule has 0 aliphatic rings. The Kier molecular flexibility index (Phi) is 5.68. The van der Waals surface area contributed by atoms with Crippen LogP contribution in [0, 0.1) is 10.7 Å². The van der Waals surface area contributed by atoms with E-state index in [0.29, 0.717) is 6.54 Å². The highest BCUT2D eigenvalue weighted by Crippen LogP contribution is 2.18. The molecule has 0 saturated heterocycles. The van der Waals surface area contributed by atoms with Crippen LogP contribution >= 0.6 is 11.8 Å². The van der Waals surface area contributed by atoms with Gasteiger partial charge in [0.05, 0.1) is 6.54 Å². The van der Waals surface area contributed by atoms with Gasteiger partial charge < -0.3 is 10.6 Å². The summed E-state index contributed by atoms with van der Waals surface area (Å²) in [6, 6.07) is 17.2. The summed E-state index contributed by atoms with van der Waals surface area (Å²) in [6.45, 7) is 0.747. The van der Waals surface area contributed by atoms with Gasteiger partial charge in [-0.1, -0.05) is 30.3 Å². The van der Waals surface area contributed by atoms with Crippen LogP contribution in [0.2, 0.25) is 0 Å². The number of thiocyanates is 1. The lowest BCUT2D eigenvalue weighted by Gasteiger charge is -2.08. The fraction of sp³-hybridized carbons (Fsp3) is 0.125. The van der Waals surface area contributed by atoms with Gasteiger partial charge in [0.2, 0.25) is 5.91 Å². The summed E-state index contributed by atoms with van der Waals surface area (Å²) in [5.41, 5.74) is 1.93. The summed E-state index contributed by atoms with van der Waals surface area (Å²) in [5, 5.41) is 16.5. The van der Waals surface area contributed by atoms with Gasteiger partial charge in [0.1, 0.15) is 5.40 Å². The number of thioether (sulfide) groups is 1. The molecule has 0 heterocycles. The second kappa shape index (κ2) is 7.98. The number of carbonyl (C=O) groups is 1. The summed E-state index contributed by atoms with van der Waals surface area (Å²) < 4.78 is 0. The van der Waals surface area contributed by atoms with E-state index in [2.05, 4.69) is 10.6 Å². The van der Waals surface area contributed by atoms with Crippen molar-refractivity contribution in [2.45, 2.75) is 11.4 Å². The van der Waals surface area contributed by atoms with Gasteiger partial charge in [-0.25, -0.2) is 0 Å². The molecule has 5 heteroatoms. The van der Waals surface area contributed by atoms with Crippen LogP contribution in [-0.2, 0) is 11.3 Å². The quantitative estimate of drug-likeness (QED) is 0.635. The molecular formula is C16H15N3OS. The van der Waals surface area contributed by atoms with Crippen LogP contribution in [0.25, 0.3) is 0 Å². The molecule has 0 aliphatic heterocycles. The molecule has 0 aliphatic carbocycles. The van der Waals surface area contributed by atoms with Crippen molar-refractivity contribution >= 4 is 23.4 Å². The van der Waals surface area contributed by atoms with E-state index < -0.39 is 0 Å². The number of hydrogen-bond acceptors (Lipinski definition) is 4. The third-order valence-corrected chi connectivity index (χ3v) is 3.40. The van der Waals surface area contributed by atoms with E-state index in [0.717, 1.165) is 27.9 Å². The van der Waals surface area contributed by atoms with E-state index in [-0.39, 0.29) is 12.5 Å². The smallest absolute Gasteiger partial charge is 0.239 e.